The zero-order chi connectivity index (χ0) is 14.1. The summed E-state index contributed by atoms with van der Waals surface area (Å²) in [6.07, 6.45) is 6.88. The molecule has 2 atom stereocenters. The van der Waals surface area contributed by atoms with Crippen LogP contribution in [0.4, 0.5) is 0 Å². The highest BCUT2D eigenvalue weighted by atomic mass is 16.5. The second-order valence-electron chi connectivity index (χ2n) is 5.27. The van der Waals surface area contributed by atoms with Crippen LogP contribution in [0.25, 0.3) is 0 Å². The van der Waals surface area contributed by atoms with Crippen molar-refractivity contribution >= 4 is 11.8 Å². The maximum atomic E-state index is 12.3. The van der Waals surface area contributed by atoms with Crippen molar-refractivity contribution in [3.05, 3.63) is 23.9 Å². The van der Waals surface area contributed by atoms with E-state index in [0.29, 0.717) is 31.0 Å². The average Bonchev–Trinajstić information content (AvgIpc) is 2.99. The Morgan fingerprint density at radius 1 is 1.25 bits per heavy atom. The Morgan fingerprint density at radius 2 is 1.90 bits per heavy atom. The molecule has 0 spiro atoms. The van der Waals surface area contributed by atoms with Gasteiger partial charge in [0.1, 0.15) is 0 Å². The van der Waals surface area contributed by atoms with Gasteiger partial charge in [-0.2, -0.15) is 4.98 Å². The van der Waals surface area contributed by atoms with Crippen LogP contribution in [0, 0.1) is 11.8 Å². The molecule has 1 aromatic heterocycles. The molecular formula is C14H17N3O3. The standard InChI is InChI=1S/C14H17N3O3/c1-2-5-12-15-11(16-20-12)8-17-13(18)9-6-3-4-7-10(9)14(17)19/h3-4,9-10H,2,5-8H2,1H3/t9-,10+. The molecule has 2 heterocycles. The molecule has 6 heteroatoms. The molecule has 0 radical (unpaired) electrons. The van der Waals surface area contributed by atoms with Gasteiger partial charge in [0.05, 0.1) is 18.4 Å². The fraction of sp³-hybridized carbons (Fsp3) is 0.571. The van der Waals surface area contributed by atoms with Crippen LogP contribution in [0.1, 0.15) is 37.9 Å². The second-order valence-corrected chi connectivity index (χ2v) is 5.27. The van der Waals surface area contributed by atoms with E-state index in [1.807, 2.05) is 19.1 Å². The number of likely N-dealkylation sites (tertiary alicyclic amines) is 1. The molecule has 0 bridgehead atoms. The lowest BCUT2D eigenvalue weighted by Crippen LogP contribution is -2.31. The van der Waals surface area contributed by atoms with E-state index in [9.17, 15) is 9.59 Å². The predicted molar refractivity (Wildman–Crippen MR) is 69.2 cm³/mol. The summed E-state index contributed by atoms with van der Waals surface area (Å²) < 4.78 is 5.08. The van der Waals surface area contributed by atoms with Crippen LogP contribution in [0.3, 0.4) is 0 Å². The Kier molecular flexibility index (Phi) is 3.38. The van der Waals surface area contributed by atoms with E-state index in [-0.39, 0.29) is 30.2 Å². The lowest BCUT2D eigenvalue weighted by molar-refractivity contribution is -0.140. The molecule has 1 aromatic rings. The zero-order valence-electron chi connectivity index (χ0n) is 11.4. The topological polar surface area (TPSA) is 76.3 Å². The Hall–Kier alpha value is -1.98. The van der Waals surface area contributed by atoms with Crippen molar-refractivity contribution in [2.75, 3.05) is 0 Å². The van der Waals surface area contributed by atoms with Gasteiger partial charge in [-0.3, -0.25) is 14.5 Å². The summed E-state index contributed by atoms with van der Waals surface area (Å²) >= 11 is 0. The number of aromatic nitrogens is 2. The second kappa shape index (κ2) is 5.19. The van der Waals surface area contributed by atoms with E-state index in [4.69, 9.17) is 4.52 Å². The number of allylic oxidation sites excluding steroid dienone is 2. The van der Waals surface area contributed by atoms with Crippen LogP contribution >= 0.6 is 0 Å². The summed E-state index contributed by atoms with van der Waals surface area (Å²) in [6.45, 7) is 2.15. The summed E-state index contributed by atoms with van der Waals surface area (Å²) in [5, 5.41) is 3.84. The molecule has 0 unspecified atom stereocenters. The molecule has 1 aliphatic heterocycles. The normalized spacial score (nSPS) is 25.4. The fourth-order valence-electron chi connectivity index (χ4n) is 2.84. The van der Waals surface area contributed by atoms with E-state index < -0.39 is 0 Å². The average molecular weight is 275 g/mol. The Balaban J connectivity index is 1.74. The predicted octanol–water partition coefficient (Wildman–Crippen LogP) is 1.47. The number of imide groups is 1. The first-order chi connectivity index (χ1) is 9.70. The Bertz CT molecular complexity index is 538. The number of carbonyl (C=O) groups excluding carboxylic acids is 2. The van der Waals surface area contributed by atoms with Crippen LogP contribution in [0.15, 0.2) is 16.7 Å². The van der Waals surface area contributed by atoms with Crippen LogP contribution < -0.4 is 0 Å². The number of fused-ring (bicyclic) bond motifs is 1. The lowest BCUT2D eigenvalue weighted by Gasteiger charge is -2.14. The largest absolute Gasteiger partial charge is 0.339 e. The van der Waals surface area contributed by atoms with Crippen LogP contribution in [-0.2, 0) is 22.6 Å². The minimum Gasteiger partial charge on any atom is -0.339 e. The van der Waals surface area contributed by atoms with Gasteiger partial charge in [0.25, 0.3) is 0 Å². The van der Waals surface area contributed by atoms with Crippen molar-refractivity contribution in [2.24, 2.45) is 11.8 Å². The molecule has 1 fully saturated rings. The number of nitrogens with zero attached hydrogens (tertiary/aromatic N) is 3. The van der Waals surface area contributed by atoms with E-state index >= 15 is 0 Å². The van der Waals surface area contributed by atoms with Crippen LogP contribution in [0.2, 0.25) is 0 Å². The molecule has 0 aromatic carbocycles. The monoisotopic (exact) mass is 275 g/mol. The van der Waals surface area contributed by atoms with E-state index in [2.05, 4.69) is 10.1 Å². The van der Waals surface area contributed by atoms with Crippen LogP contribution in [0.5, 0.6) is 0 Å². The molecule has 106 valence electrons. The van der Waals surface area contributed by atoms with Crippen molar-refractivity contribution in [2.45, 2.75) is 39.2 Å². The van der Waals surface area contributed by atoms with Crippen molar-refractivity contribution in [3.63, 3.8) is 0 Å². The molecule has 2 amide bonds. The number of aryl methyl sites for hydroxylation is 1. The molecule has 1 aliphatic carbocycles. The molecule has 0 N–H and O–H groups in total. The van der Waals surface area contributed by atoms with Gasteiger partial charge >= 0.3 is 0 Å². The van der Waals surface area contributed by atoms with Gasteiger partial charge in [0.15, 0.2) is 5.82 Å². The molecule has 20 heavy (non-hydrogen) atoms. The maximum Gasteiger partial charge on any atom is 0.233 e. The smallest absolute Gasteiger partial charge is 0.233 e. The summed E-state index contributed by atoms with van der Waals surface area (Å²) in [4.78, 5) is 30.0. The quantitative estimate of drug-likeness (QED) is 0.614. The highest BCUT2D eigenvalue weighted by Gasteiger charge is 2.47. The molecule has 6 nitrogen and oxygen atoms in total. The van der Waals surface area contributed by atoms with Gasteiger partial charge in [-0.15, -0.1) is 0 Å². The SMILES string of the molecule is CCCc1nc(CN2C(=O)[C@H]3CC=CC[C@H]3C2=O)no1. The minimum absolute atomic E-state index is 0.105. The summed E-state index contributed by atoms with van der Waals surface area (Å²) in [5.74, 6) is 0.351. The van der Waals surface area contributed by atoms with Gasteiger partial charge in [-0.25, -0.2) is 0 Å². The molecule has 1 saturated heterocycles. The first kappa shape index (κ1) is 13.0. The first-order valence-corrected chi connectivity index (χ1v) is 7.02. The van der Waals surface area contributed by atoms with E-state index in [1.54, 1.807) is 0 Å². The van der Waals surface area contributed by atoms with E-state index in [1.165, 1.54) is 4.90 Å². The third-order valence-corrected chi connectivity index (χ3v) is 3.87. The summed E-state index contributed by atoms with van der Waals surface area (Å²) in [7, 11) is 0. The number of hydrogen-bond donors (Lipinski definition) is 0. The van der Waals surface area contributed by atoms with Gasteiger partial charge in [0, 0.05) is 6.42 Å². The zero-order valence-corrected chi connectivity index (χ0v) is 11.4. The highest BCUT2D eigenvalue weighted by Crippen LogP contribution is 2.35. The molecule has 0 saturated carbocycles. The van der Waals surface area contributed by atoms with E-state index in [0.717, 1.165) is 6.42 Å². The maximum absolute atomic E-state index is 12.3. The summed E-state index contributed by atoms with van der Waals surface area (Å²) in [5.41, 5.74) is 0. The number of amides is 2. The van der Waals surface area contributed by atoms with Gasteiger partial charge < -0.3 is 4.52 Å². The van der Waals surface area contributed by atoms with Crippen molar-refractivity contribution < 1.29 is 14.1 Å². The van der Waals surface area contributed by atoms with Gasteiger partial charge in [0.2, 0.25) is 17.7 Å². The Labute approximate surface area is 116 Å². The van der Waals surface area contributed by atoms with Gasteiger partial charge in [-0.1, -0.05) is 24.2 Å². The number of rotatable bonds is 4. The van der Waals surface area contributed by atoms with Gasteiger partial charge in [-0.05, 0) is 19.3 Å². The molecule has 3 rings (SSSR count). The van der Waals surface area contributed by atoms with Crippen molar-refractivity contribution in [1.29, 1.82) is 0 Å². The summed E-state index contributed by atoms with van der Waals surface area (Å²) in [6, 6.07) is 0. The molecular weight excluding hydrogens is 258 g/mol. The number of hydrogen-bond acceptors (Lipinski definition) is 5. The van der Waals surface area contributed by atoms with Crippen molar-refractivity contribution in [1.82, 2.24) is 15.0 Å². The Morgan fingerprint density at radius 3 is 2.50 bits per heavy atom. The molecule has 2 aliphatic rings. The highest BCUT2D eigenvalue weighted by molar-refractivity contribution is 6.05. The van der Waals surface area contributed by atoms with Crippen molar-refractivity contribution in [3.8, 4) is 0 Å². The number of carbonyl (C=O) groups is 2. The third kappa shape index (κ3) is 2.15. The van der Waals surface area contributed by atoms with Crippen LogP contribution in [-0.4, -0.2) is 26.9 Å². The fourth-order valence-corrected chi connectivity index (χ4v) is 2.84. The third-order valence-electron chi connectivity index (χ3n) is 3.87. The first-order valence-electron chi connectivity index (χ1n) is 7.02. The lowest BCUT2D eigenvalue weighted by atomic mass is 9.85. The minimum atomic E-state index is -0.200.